The first-order valence-corrected chi connectivity index (χ1v) is 12.7. The van der Waals surface area contributed by atoms with Gasteiger partial charge in [-0.3, -0.25) is 9.69 Å². The number of urea groups is 1. The van der Waals surface area contributed by atoms with Gasteiger partial charge in [0.2, 0.25) is 0 Å². The predicted molar refractivity (Wildman–Crippen MR) is 142 cm³/mol. The van der Waals surface area contributed by atoms with Gasteiger partial charge in [-0.25, -0.2) is 4.79 Å². The van der Waals surface area contributed by atoms with Crippen LogP contribution < -0.4 is 14.8 Å². The summed E-state index contributed by atoms with van der Waals surface area (Å²) >= 11 is 7.00. The van der Waals surface area contributed by atoms with Crippen LogP contribution in [0.2, 0.25) is 0 Å². The van der Waals surface area contributed by atoms with Crippen molar-refractivity contribution in [3.63, 3.8) is 0 Å². The molecule has 8 heteroatoms. The van der Waals surface area contributed by atoms with E-state index in [0.29, 0.717) is 34.7 Å². The smallest absolute Gasteiger partial charge is 0.329 e. The van der Waals surface area contributed by atoms with Crippen molar-refractivity contribution >= 4 is 49.9 Å². The normalized spacial score (nSPS) is 14.4. The number of hydrogen-bond acceptors (Lipinski definition) is 4. The Labute approximate surface area is 221 Å². The Hall–Kier alpha value is -3.10. The molecule has 0 saturated carbocycles. The Kier molecular flexibility index (Phi) is 7.93. The molecule has 0 unspecified atom stereocenters. The molecule has 1 heterocycles. The van der Waals surface area contributed by atoms with E-state index in [1.165, 1.54) is 4.90 Å². The third-order valence-electron chi connectivity index (χ3n) is 5.36. The van der Waals surface area contributed by atoms with E-state index in [0.717, 1.165) is 21.2 Å². The first kappa shape index (κ1) is 25.0. The molecule has 35 heavy (non-hydrogen) atoms. The maximum Gasteiger partial charge on any atom is 0.329 e. The molecule has 0 aromatic heterocycles. The molecule has 0 radical (unpaired) electrons. The molecule has 180 valence electrons. The zero-order valence-electron chi connectivity index (χ0n) is 19.3. The summed E-state index contributed by atoms with van der Waals surface area (Å²) in [6.07, 6.45) is 1.64. The topological polar surface area (TPSA) is 67.9 Å². The lowest BCUT2D eigenvalue weighted by Gasteiger charge is -2.15. The fraction of sp³-hybridized carbons (Fsp3) is 0.185. The van der Waals surface area contributed by atoms with Gasteiger partial charge in [-0.2, -0.15) is 0 Å². The number of halogens is 2. The van der Waals surface area contributed by atoms with E-state index in [2.05, 4.69) is 37.2 Å². The summed E-state index contributed by atoms with van der Waals surface area (Å²) in [4.78, 5) is 26.6. The van der Waals surface area contributed by atoms with Gasteiger partial charge in [0.15, 0.2) is 11.5 Å². The number of benzene rings is 3. The number of carbonyl (C=O) groups excluding carboxylic acids is 2. The minimum atomic E-state index is -0.444. The summed E-state index contributed by atoms with van der Waals surface area (Å²) in [5, 5.41) is 2.68. The van der Waals surface area contributed by atoms with Gasteiger partial charge in [0, 0.05) is 4.47 Å². The van der Waals surface area contributed by atoms with Crippen LogP contribution in [0.1, 0.15) is 29.2 Å². The summed E-state index contributed by atoms with van der Waals surface area (Å²) < 4.78 is 13.5. The molecule has 1 fully saturated rings. The molecule has 1 aliphatic rings. The van der Waals surface area contributed by atoms with Crippen LogP contribution in [0.15, 0.2) is 75.3 Å². The first-order valence-electron chi connectivity index (χ1n) is 11.1. The van der Waals surface area contributed by atoms with Crippen molar-refractivity contribution in [3.05, 3.63) is 97.6 Å². The zero-order valence-corrected chi connectivity index (χ0v) is 22.5. The quantitative estimate of drug-likeness (QED) is 0.234. The fourth-order valence-corrected chi connectivity index (χ4v) is 4.41. The molecule has 0 aliphatic carbocycles. The molecular weight excluding hydrogens is 576 g/mol. The van der Waals surface area contributed by atoms with Gasteiger partial charge in [0.25, 0.3) is 5.91 Å². The number of aryl methyl sites for hydroxylation is 1. The molecule has 1 aliphatic heterocycles. The summed E-state index contributed by atoms with van der Waals surface area (Å²) in [5.41, 5.74) is 3.92. The van der Waals surface area contributed by atoms with Gasteiger partial charge >= 0.3 is 6.03 Å². The molecule has 4 rings (SSSR count). The van der Waals surface area contributed by atoms with E-state index in [-0.39, 0.29) is 18.1 Å². The molecule has 0 bridgehead atoms. The second kappa shape index (κ2) is 11.1. The van der Waals surface area contributed by atoms with Gasteiger partial charge in [-0.1, -0.05) is 57.9 Å². The van der Waals surface area contributed by atoms with Crippen molar-refractivity contribution in [1.29, 1.82) is 0 Å². The third kappa shape index (κ3) is 6.13. The highest BCUT2D eigenvalue weighted by Crippen LogP contribution is 2.38. The highest BCUT2D eigenvalue weighted by atomic mass is 79.9. The van der Waals surface area contributed by atoms with Crippen molar-refractivity contribution in [2.24, 2.45) is 0 Å². The highest BCUT2D eigenvalue weighted by molar-refractivity contribution is 9.10. The fourth-order valence-electron chi connectivity index (χ4n) is 3.57. The Morgan fingerprint density at radius 1 is 0.943 bits per heavy atom. The van der Waals surface area contributed by atoms with Crippen molar-refractivity contribution in [2.45, 2.75) is 27.0 Å². The second-order valence-electron chi connectivity index (χ2n) is 8.04. The van der Waals surface area contributed by atoms with E-state index < -0.39 is 6.03 Å². The Balaban J connectivity index is 1.54. The third-order valence-corrected chi connectivity index (χ3v) is 6.48. The number of hydrogen-bond donors (Lipinski definition) is 1. The van der Waals surface area contributed by atoms with Crippen LogP contribution in [-0.4, -0.2) is 23.4 Å². The van der Waals surface area contributed by atoms with Crippen LogP contribution in [-0.2, 0) is 17.9 Å². The first-order chi connectivity index (χ1) is 16.8. The molecule has 0 spiro atoms. The van der Waals surface area contributed by atoms with Crippen LogP contribution in [0, 0.1) is 6.92 Å². The minimum Gasteiger partial charge on any atom is -0.490 e. The van der Waals surface area contributed by atoms with Crippen LogP contribution >= 0.6 is 31.9 Å². The van der Waals surface area contributed by atoms with Crippen LogP contribution in [0.25, 0.3) is 6.08 Å². The number of imide groups is 1. The van der Waals surface area contributed by atoms with Crippen molar-refractivity contribution in [1.82, 2.24) is 10.2 Å². The molecule has 1 N–H and O–H groups in total. The van der Waals surface area contributed by atoms with Gasteiger partial charge in [0.1, 0.15) is 12.3 Å². The largest absolute Gasteiger partial charge is 0.490 e. The lowest BCUT2D eigenvalue weighted by atomic mass is 10.1. The molecule has 6 nitrogen and oxygen atoms in total. The minimum absolute atomic E-state index is 0.207. The van der Waals surface area contributed by atoms with Gasteiger partial charge < -0.3 is 14.8 Å². The summed E-state index contributed by atoms with van der Waals surface area (Å²) in [6, 6.07) is 18.8. The van der Waals surface area contributed by atoms with Gasteiger partial charge in [0.05, 0.1) is 17.6 Å². The maximum atomic E-state index is 12.9. The summed E-state index contributed by atoms with van der Waals surface area (Å²) in [6.45, 7) is 4.90. The van der Waals surface area contributed by atoms with Crippen LogP contribution in [0.5, 0.6) is 11.5 Å². The molecular formula is C27H24Br2N2O4. The Morgan fingerprint density at radius 3 is 2.31 bits per heavy atom. The van der Waals surface area contributed by atoms with E-state index in [1.54, 1.807) is 12.1 Å². The number of carbonyl (C=O) groups is 2. The Morgan fingerprint density at radius 2 is 1.63 bits per heavy atom. The van der Waals surface area contributed by atoms with Crippen molar-refractivity contribution in [3.8, 4) is 11.5 Å². The number of rotatable bonds is 8. The second-order valence-corrected chi connectivity index (χ2v) is 9.81. The van der Waals surface area contributed by atoms with Crippen molar-refractivity contribution in [2.75, 3.05) is 6.61 Å². The number of nitrogens with zero attached hydrogens (tertiary/aromatic N) is 1. The Bertz CT molecular complexity index is 1270. The summed E-state index contributed by atoms with van der Waals surface area (Å²) in [7, 11) is 0. The SMILES string of the molecule is CCOc1cc(/C=C2/NC(=O)N(Cc3ccc(C)cc3)C2=O)cc(Br)c1OCc1ccc(Br)cc1. The number of amides is 3. The molecule has 1 saturated heterocycles. The molecule has 3 amide bonds. The van der Waals surface area contributed by atoms with Crippen LogP contribution in [0.3, 0.4) is 0 Å². The molecule has 0 atom stereocenters. The van der Waals surface area contributed by atoms with E-state index in [1.807, 2.05) is 68.4 Å². The van der Waals surface area contributed by atoms with E-state index in [9.17, 15) is 9.59 Å². The average molecular weight is 600 g/mol. The average Bonchev–Trinajstić information content (AvgIpc) is 3.08. The lowest BCUT2D eigenvalue weighted by Crippen LogP contribution is -2.30. The van der Waals surface area contributed by atoms with E-state index in [4.69, 9.17) is 9.47 Å². The predicted octanol–water partition coefficient (Wildman–Crippen LogP) is 6.59. The van der Waals surface area contributed by atoms with Crippen molar-refractivity contribution < 1.29 is 19.1 Å². The van der Waals surface area contributed by atoms with Gasteiger partial charge in [-0.05, 0) is 76.8 Å². The number of ether oxygens (including phenoxy) is 2. The van der Waals surface area contributed by atoms with Crippen LogP contribution in [0.4, 0.5) is 4.79 Å². The molecule has 3 aromatic carbocycles. The van der Waals surface area contributed by atoms with E-state index >= 15 is 0 Å². The molecule has 3 aromatic rings. The highest BCUT2D eigenvalue weighted by Gasteiger charge is 2.33. The zero-order chi connectivity index (χ0) is 24.9. The number of nitrogens with one attached hydrogen (secondary N) is 1. The monoisotopic (exact) mass is 598 g/mol. The standard InChI is InChI=1S/C27H24Br2N2O4/c1-3-34-24-14-20(12-22(29)25(24)35-16-19-8-10-21(28)11-9-19)13-23-26(32)31(27(33)30-23)15-18-6-4-17(2)5-7-18/h4-14H,3,15-16H2,1-2H3,(H,30,33)/b23-13+. The lowest BCUT2D eigenvalue weighted by molar-refractivity contribution is -0.123. The maximum absolute atomic E-state index is 12.9. The van der Waals surface area contributed by atoms with Gasteiger partial charge in [-0.15, -0.1) is 0 Å². The summed E-state index contributed by atoms with van der Waals surface area (Å²) in [5.74, 6) is 0.735.